The lowest BCUT2D eigenvalue weighted by Crippen LogP contribution is -2.45. The fourth-order valence-electron chi connectivity index (χ4n) is 3.35. The van der Waals surface area contributed by atoms with Crippen LogP contribution in [0.3, 0.4) is 0 Å². The van der Waals surface area contributed by atoms with Crippen molar-refractivity contribution in [3.63, 3.8) is 0 Å². The molecule has 0 saturated heterocycles. The van der Waals surface area contributed by atoms with Crippen LogP contribution in [-0.4, -0.2) is 16.1 Å². The van der Waals surface area contributed by atoms with Gasteiger partial charge in [0.15, 0.2) is 11.6 Å². The molecule has 0 spiro atoms. The monoisotopic (exact) mass is 372 g/mol. The maximum Gasteiger partial charge on any atom is 0.160 e. The Morgan fingerprint density at radius 2 is 1.78 bits per heavy atom. The van der Waals surface area contributed by atoms with Gasteiger partial charge in [-0.1, -0.05) is 0 Å². The lowest BCUT2D eigenvalue weighted by molar-refractivity contribution is 0.317. The molecule has 0 radical (unpaired) electrons. The van der Waals surface area contributed by atoms with Gasteiger partial charge < -0.3 is 15.2 Å². The van der Waals surface area contributed by atoms with E-state index in [1.807, 2.05) is 18.4 Å². The number of hydrogen-bond donors (Lipinski definition) is 2. The summed E-state index contributed by atoms with van der Waals surface area (Å²) in [5, 5.41) is 6.59. The van der Waals surface area contributed by atoms with Crippen molar-refractivity contribution in [3.8, 4) is 11.3 Å². The van der Waals surface area contributed by atoms with Crippen molar-refractivity contribution in [2.75, 3.05) is 11.9 Å². The number of aromatic nitrogens is 2. The number of hydrogen-bond acceptors (Lipinski definition) is 3. The van der Waals surface area contributed by atoms with Gasteiger partial charge in [-0.25, -0.2) is 18.2 Å². The standard InChI is InChI=1S/C20H19F3N4/c1-20(2)19-26-17(12-3-5-13(21)6-4-12)18(27(19)10-9-24-20)25-14-7-8-15(22)16(23)11-14/h3-8,11,24-25H,9-10H2,1-2H3. The summed E-state index contributed by atoms with van der Waals surface area (Å²) < 4.78 is 42.3. The number of halogens is 3. The molecule has 0 unspecified atom stereocenters. The molecule has 0 bridgehead atoms. The third-order valence-corrected chi connectivity index (χ3v) is 4.73. The number of anilines is 2. The van der Waals surface area contributed by atoms with E-state index in [0.29, 0.717) is 23.7 Å². The SMILES string of the molecule is CC1(C)NCCn2c1nc(-c1ccc(F)cc1)c2Nc1ccc(F)c(F)c1. The second-order valence-electron chi connectivity index (χ2n) is 7.10. The van der Waals surface area contributed by atoms with Gasteiger partial charge in [0.25, 0.3) is 0 Å². The highest BCUT2D eigenvalue weighted by molar-refractivity contribution is 5.76. The van der Waals surface area contributed by atoms with Crippen LogP contribution in [0.4, 0.5) is 24.7 Å². The van der Waals surface area contributed by atoms with Crippen LogP contribution in [0, 0.1) is 17.5 Å². The van der Waals surface area contributed by atoms with Crippen LogP contribution in [0.5, 0.6) is 0 Å². The molecule has 0 amide bonds. The molecule has 2 N–H and O–H groups in total. The number of rotatable bonds is 3. The number of benzene rings is 2. The van der Waals surface area contributed by atoms with Crippen LogP contribution in [0.25, 0.3) is 11.3 Å². The molecule has 4 nitrogen and oxygen atoms in total. The summed E-state index contributed by atoms with van der Waals surface area (Å²) in [5.74, 6) is -0.682. The van der Waals surface area contributed by atoms with Crippen LogP contribution in [0.1, 0.15) is 19.7 Å². The smallest absolute Gasteiger partial charge is 0.160 e. The van der Waals surface area contributed by atoms with Gasteiger partial charge in [0.2, 0.25) is 0 Å². The van der Waals surface area contributed by atoms with Crippen molar-refractivity contribution < 1.29 is 13.2 Å². The zero-order valence-corrected chi connectivity index (χ0v) is 15.0. The van der Waals surface area contributed by atoms with E-state index in [1.165, 1.54) is 18.2 Å². The van der Waals surface area contributed by atoms with Crippen molar-refractivity contribution in [3.05, 3.63) is 65.7 Å². The molecule has 0 atom stereocenters. The summed E-state index contributed by atoms with van der Waals surface area (Å²) in [6.07, 6.45) is 0. The Morgan fingerprint density at radius 3 is 2.48 bits per heavy atom. The van der Waals surface area contributed by atoms with Crippen molar-refractivity contribution >= 4 is 11.5 Å². The largest absolute Gasteiger partial charge is 0.340 e. The summed E-state index contributed by atoms with van der Waals surface area (Å²) in [6.45, 7) is 5.46. The van der Waals surface area contributed by atoms with Gasteiger partial charge in [0, 0.05) is 30.4 Å². The van der Waals surface area contributed by atoms with Crippen LogP contribution >= 0.6 is 0 Å². The van der Waals surface area contributed by atoms with E-state index in [4.69, 9.17) is 4.98 Å². The van der Waals surface area contributed by atoms with E-state index in [1.54, 1.807) is 12.1 Å². The Balaban J connectivity index is 1.86. The zero-order valence-electron chi connectivity index (χ0n) is 15.0. The minimum absolute atomic E-state index is 0.333. The molecule has 1 aromatic heterocycles. The molecule has 3 aromatic rings. The van der Waals surface area contributed by atoms with Crippen molar-refractivity contribution in [2.45, 2.75) is 25.9 Å². The zero-order chi connectivity index (χ0) is 19.2. The molecular weight excluding hydrogens is 353 g/mol. The lowest BCUT2D eigenvalue weighted by Gasteiger charge is -2.32. The Morgan fingerprint density at radius 1 is 1.04 bits per heavy atom. The predicted molar refractivity (Wildman–Crippen MR) is 98.3 cm³/mol. The van der Waals surface area contributed by atoms with E-state index < -0.39 is 11.6 Å². The molecule has 7 heteroatoms. The van der Waals surface area contributed by atoms with E-state index in [-0.39, 0.29) is 11.4 Å². The molecule has 2 heterocycles. The topological polar surface area (TPSA) is 41.9 Å². The van der Waals surface area contributed by atoms with Gasteiger partial charge in [0.05, 0.1) is 5.54 Å². The molecule has 0 aliphatic carbocycles. The quantitative estimate of drug-likeness (QED) is 0.709. The summed E-state index contributed by atoms with van der Waals surface area (Å²) in [5.41, 5.74) is 1.42. The average molecular weight is 372 g/mol. The van der Waals surface area contributed by atoms with Gasteiger partial charge in [-0.2, -0.15) is 0 Å². The van der Waals surface area contributed by atoms with Crippen molar-refractivity contribution in [2.24, 2.45) is 0 Å². The first-order chi connectivity index (χ1) is 12.8. The Bertz CT molecular complexity index is 993. The van der Waals surface area contributed by atoms with E-state index >= 15 is 0 Å². The highest BCUT2D eigenvalue weighted by Crippen LogP contribution is 2.36. The number of nitrogens with zero attached hydrogens (tertiary/aromatic N) is 2. The number of imidazole rings is 1. The van der Waals surface area contributed by atoms with Gasteiger partial charge >= 0.3 is 0 Å². The first-order valence-corrected chi connectivity index (χ1v) is 8.69. The molecule has 1 aliphatic rings. The summed E-state index contributed by atoms with van der Waals surface area (Å²) in [7, 11) is 0. The summed E-state index contributed by atoms with van der Waals surface area (Å²) in [6, 6.07) is 9.71. The Labute approximate surface area is 155 Å². The fraction of sp³-hybridized carbons (Fsp3) is 0.250. The number of fused-ring (bicyclic) bond motifs is 1. The van der Waals surface area contributed by atoms with Crippen molar-refractivity contribution in [1.29, 1.82) is 0 Å². The first-order valence-electron chi connectivity index (χ1n) is 8.69. The minimum Gasteiger partial charge on any atom is -0.340 e. The van der Waals surface area contributed by atoms with Crippen molar-refractivity contribution in [1.82, 2.24) is 14.9 Å². The maximum atomic E-state index is 13.6. The molecule has 0 saturated carbocycles. The van der Waals surface area contributed by atoms with E-state index in [9.17, 15) is 13.2 Å². The predicted octanol–water partition coefficient (Wildman–Crippen LogP) is 4.55. The Kier molecular flexibility index (Phi) is 4.19. The molecule has 140 valence electrons. The maximum absolute atomic E-state index is 13.6. The first kappa shape index (κ1) is 17.6. The van der Waals surface area contributed by atoms with E-state index in [2.05, 4.69) is 10.6 Å². The van der Waals surface area contributed by atoms with Crippen LogP contribution in [0.2, 0.25) is 0 Å². The minimum atomic E-state index is -0.927. The summed E-state index contributed by atoms with van der Waals surface area (Å²) in [4.78, 5) is 4.79. The second kappa shape index (κ2) is 6.42. The highest BCUT2D eigenvalue weighted by atomic mass is 19.2. The molecule has 4 rings (SSSR count). The van der Waals surface area contributed by atoms with Gasteiger partial charge in [0.1, 0.15) is 23.2 Å². The lowest BCUT2D eigenvalue weighted by atomic mass is 10.0. The fourth-order valence-corrected chi connectivity index (χ4v) is 3.35. The van der Waals surface area contributed by atoms with Gasteiger partial charge in [-0.3, -0.25) is 0 Å². The van der Waals surface area contributed by atoms with Crippen LogP contribution in [-0.2, 0) is 12.1 Å². The normalized spacial score (nSPS) is 15.4. The average Bonchev–Trinajstić information content (AvgIpc) is 2.99. The third kappa shape index (κ3) is 3.19. The van der Waals surface area contributed by atoms with Gasteiger partial charge in [-0.15, -0.1) is 0 Å². The molecular formula is C20H19F3N4. The van der Waals surface area contributed by atoms with Gasteiger partial charge in [-0.05, 0) is 50.2 Å². The van der Waals surface area contributed by atoms with Crippen LogP contribution in [0.15, 0.2) is 42.5 Å². The Hall–Kier alpha value is -2.80. The second-order valence-corrected chi connectivity index (χ2v) is 7.10. The third-order valence-electron chi connectivity index (χ3n) is 4.73. The molecule has 27 heavy (non-hydrogen) atoms. The highest BCUT2D eigenvalue weighted by Gasteiger charge is 2.33. The number of nitrogens with one attached hydrogen (secondary N) is 2. The summed E-state index contributed by atoms with van der Waals surface area (Å²) >= 11 is 0. The van der Waals surface area contributed by atoms with E-state index in [0.717, 1.165) is 30.1 Å². The molecule has 1 aliphatic heterocycles. The molecule has 2 aromatic carbocycles. The van der Waals surface area contributed by atoms with Crippen LogP contribution < -0.4 is 10.6 Å². The molecule has 0 fully saturated rings.